The molecule has 7 nitrogen and oxygen atoms in total. The fourth-order valence-electron chi connectivity index (χ4n) is 2.44. The van der Waals surface area contributed by atoms with Gasteiger partial charge in [0, 0.05) is 24.1 Å². The highest BCUT2D eigenvalue weighted by Crippen LogP contribution is 2.21. The van der Waals surface area contributed by atoms with Crippen LogP contribution in [0, 0.1) is 17.0 Å². The topological polar surface area (TPSA) is 95.5 Å². The third-order valence-electron chi connectivity index (χ3n) is 3.98. The van der Waals surface area contributed by atoms with Crippen LogP contribution < -0.4 is 0 Å². The SMILES string of the molecule is Cc1ccc(-c2cnc(CCC(=O)OCc3ccc([N+](=O)[O-])cc3)o2)cc1. The highest BCUT2D eigenvalue weighted by Gasteiger charge is 2.11. The van der Waals surface area contributed by atoms with Crippen molar-refractivity contribution in [3.05, 3.63) is 81.9 Å². The minimum atomic E-state index is -0.475. The Bertz CT molecular complexity index is 930. The van der Waals surface area contributed by atoms with Crippen molar-refractivity contribution in [2.75, 3.05) is 0 Å². The first-order chi connectivity index (χ1) is 13.0. The Kier molecular flexibility index (Phi) is 5.61. The van der Waals surface area contributed by atoms with Crippen molar-refractivity contribution >= 4 is 11.7 Å². The zero-order valence-electron chi connectivity index (χ0n) is 14.8. The zero-order valence-corrected chi connectivity index (χ0v) is 14.8. The number of carbonyl (C=O) groups is 1. The van der Waals surface area contributed by atoms with Crippen LogP contribution in [-0.4, -0.2) is 15.9 Å². The number of nitrogens with zero attached hydrogens (tertiary/aromatic N) is 2. The summed E-state index contributed by atoms with van der Waals surface area (Å²) in [7, 11) is 0. The number of aryl methyl sites for hydroxylation is 2. The maximum Gasteiger partial charge on any atom is 0.306 e. The van der Waals surface area contributed by atoms with Gasteiger partial charge in [-0.1, -0.05) is 29.8 Å². The number of nitro benzene ring substituents is 1. The van der Waals surface area contributed by atoms with Gasteiger partial charge in [0.1, 0.15) is 6.61 Å². The number of carbonyl (C=O) groups excluding carboxylic acids is 1. The lowest BCUT2D eigenvalue weighted by Gasteiger charge is -2.04. The number of ether oxygens (including phenoxy) is 1. The number of aromatic nitrogens is 1. The van der Waals surface area contributed by atoms with Crippen molar-refractivity contribution in [1.82, 2.24) is 4.98 Å². The van der Waals surface area contributed by atoms with Crippen molar-refractivity contribution in [2.45, 2.75) is 26.4 Å². The first kappa shape index (κ1) is 18.3. The number of benzene rings is 2. The minimum absolute atomic E-state index is 0.00153. The number of rotatable bonds is 7. The molecule has 0 aliphatic rings. The maximum absolute atomic E-state index is 11.9. The molecule has 0 unspecified atom stereocenters. The van der Waals surface area contributed by atoms with Crippen LogP contribution in [0.3, 0.4) is 0 Å². The molecule has 0 bridgehead atoms. The number of esters is 1. The molecule has 3 rings (SSSR count). The molecule has 0 radical (unpaired) electrons. The van der Waals surface area contributed by atoms with E-state index in [1.54, 1.807) is 18.3 Å². The van der Waals surface area contributed by atoms with Crippen molar-refractivity contribution in [2.24, 2.45) is 0 Å². The molecule has 0 aliphatic carbocycles. The molecule has 0 N–H and O–H groups in total. The Morgan fingerprint density at radius 2 is 1.85 bits per heavy atom. The van der Waals surface area contributed by atoms with Crippen molar-refractivity contribution in [3.63, 3.8) is 0 Å². The van der Waals surface area contributed by atoms with E-state index in [0.717, 1.165) is 11.1 Å². The molecule has 0 amide bonds. The van der Waals surface area contributed by atoms with Crippen LogP contribution in [0.4, 0.5) is 5.69 Å². The van der Waals surface area contributed by atoms with E-state index in [4.69, 9.17) is 9.15 Å². The maximum atomic E-state index is 11.9. The molecule has 138 valence electrons. The van der Waals surface area contributed by atoms with Crippen molar-refractivity contribution in [3.8, 4) is 11.3 Å². The Morgan fingerprint density at radius 3 is 2.52 bits per heavy atom. The summed E-state index contributed by atoms with van der Waals surface area (Å²) in [5.74, 6) is 0.741. The molecule has 7 heteroatoms. The Morgan fingerprint density at radius 1 is 1.15 bits per heavy atom. The highest BCUT2D eigenvalue weighted by atomic mass is 16.6. The summed E-state index contributed by atoms with van der Waals surface area (Å²) in [6.45, 7) is 2.08. The van der Waals surface area contributed by atoms with E-state index in [1.165, 1.54) is 12.1 Å². The average molecular weight is 366 g/mol. The van der Waals surface area contributed by atoms with Gasteiger partial charge in [-0.2, -0.15) is 0 Å². The second-order valence-electron chi connectivity index (χ2n) is 6.07. The van der Waals surface area contributed by atoms with E-state index in [-0.39, 0.29) is 24.7 Å². The molecule has 27 heavy (non-hydrogen) atoms. The number of oxazole rings is 1. The second-order valence-corrected chi connectivity index (χ2v) is 6.07. The Labute approximate surface area is 155 Å². The van der Waals surface area contributed by atoms with E-state index < -0.39 is 4.92 Å². The molecule has 1 aromatic heterocycles. The summed E-state index contributed by atoms with van der Waals surface area (Å²) >= 11 is 0. The predicted molar refractivity (Wildman–Crippen MR) is 97.9 cm³/mol. The lowest BCUT2D eigenvalue weighted by molar-refractivity contribution is -0.384. The minimum Gasteiger partial charge on any atom is -0.461 e. The summed E-state index contributed by atoms with van der Waals surface area (Å²) < 4.78 is 10.9. The molecule has 2 aromatic carbocycles. The van der Waals surface area contributed by atoms with Crippen LogP contribution in [0.25, 0.3) is 11.3 Å². The summed E-state index contributed by atoms with van der Waals surface area (Å²) in [5, 5.41) is 10.6. The van der Waals surface area contributed by atoms with Crippen LogP contribution in [0.15, 0.2) is 59.1 Å². The lowest BCUT2D eigenvalue weighted by atomic mass is 10.1. The molecular formula is C20H18N2O5. The number of non-ortho nitro benzene ring substituents is 1. The summed E-state index contributed by atoms with van der Waals surface area (Å²) in [6.07, 6.45) is 2.12. The second kappa shape index (κ2) is 8.27. The van der Waals surface area contributed by atoms with Gasteiger partial charge in [-0.15, -0.1) is 0 Å². The molecular weight excluding hydrogens is 348 g/mol. The van der Waals surface area contributed by atoms with Gasteiger partial charge in [-0.3, -0.25) is 14.9 Å². The summed E-state index contributed by atoms with van der Waals surface area (Å²) in [5.41, 5.74) is 2.78. The van der Waals surface area contributed by atoms with Gasteiger partial charge in [0.2, 0.25) is 0 Å². The molecule has 1 heterocycles. The molecule has 0 spiro atoms. The van der Waals surface area contributed by atoms with Gasteiger partial charge in [-0.25, -0.2) is 4.98 Å². The third kappa shape index (κ3) is 5.01. The fraction of sp³-hybridized carbons (Fsp3) is 0.200. The van der Waals surface area contributed by atoms with E-state index in [2.05, 4.69) is 4.98 Å². The highest BCUT2D eigenvalue weighted by molar-refractivity contribution is 5.69. The average Bonchev–Trinajstić information content (AvgIpc) is 3.14. The third-order valence-corrected chi connectivity index (χ3v) is 3.98. The first-order valence-electron chi connectivity index (χ1n) is 8.42. The molecule has 0 atom stereocenters. The van der Waals surface area contributed by atoms with Crippen LogP contribution in [0.1, 0.15) is 23.4 Å². The van der Waals surface area contributed by atoms with E-state index in [9.17, 15) is 14.9 Å². The molecule has 3 aromatic rings. The lowest BCUT2D eigenvalue weighted by Crippen LogP contribution is -2.06. The van der Waals surface area contributed by atoms with Gasteiger partial charge < -0.3 is 9.15 Å². The quantitative estimate of drug-likeness (QED) is 0.353. The fourth-order valence-corrected chi connectivity index (χ4v) is 2.44. The molecule has 0 saturated carbocycles. The van der Waals surface area contributed by atoms with E-state index in [1.807, 2.05) is 31.2 Å². The van der Waals surface area contributed by atoms with E-state index in [0.29, 0.717) is 23.6 Å². The molecule has 0 fully saturated rings. The van der Waals surface area contributed by atoms with Gasteiger partial charge in [0.25, 0.3) is 5.69 Å². The van der Waals surface area contributed by atoms with Gasteiger partial charge in [-0.05, 0) is 24.6 Å². The summed E-state index contributed by atoms with van der Waals surface area (Å²) in [6, 6.07) is 13.8. The smallest absolute Gasteiger partial charge is 0.306 e. The molecule has 0 saturated heterocycles. The van der Waals surface area contributed by atoms with Crippen molar-refractivity contribution in [1.29, 1.82) is 0 Å². The Balaban J connectivity index is 1.48. The zero-order chi connectivity index (χ0) is 19.2. The van der Waals surface area contributed by atoms with Crippen LogP contribution in [-0.2, 0) is 22.6 Å². The van der Waals surface area contributed by atoms with Crippen LogP contribution >= 0.6 is 0 Å². The number of hydrogen-bond acceptors (Lipinski definition) is 6. The number of nitro groups is 1. The van der Waals surface area contributed by atoms with Gasteiger partial charge in [0.15, 0.2) is 11.7 Å². The van der Waals surface area contributed by atoms with Crippen molar-refractivity contribution < 1.29 is 18.9 Å². The largest absolute Gasteiger partial charge is 0.461 e. The summed E-state index contributed by atoms with van der Waals surface area (Å²) in [4.78, 5) is 26.2. The predicted octanol–water partition coefficient (Wildman–Crippen LogP) is 4.23. The van der Waals surface area contributed by atoms with Gasteiger partial charge >= 0.3 is 5.97 Å². The van der Waals surface area contributed by atoms with Gasteiger partial charge in [0.05, 0.1) is 17.5 Å². The normalized spacial score (nSPS) is 10.6. The monoisotopic (exact) mass is 366 g/mol. The van der Waals surface area contributed by atoms with Crippen LogP contribution in [0.5, 0.6) is 0 Å². The number of hydrogen-bond donors (Lipinski definition) is 0. The van der Waals surface area contributed by atoms with Crippen LogP contribution in [0.2, 0.25) is 0 Å². The first-order valence-corrected chi connectivity index (χ1v) is 8.42. The van der Waals surface area contributed by atoms with E-state index >= 15 is 0 Å². The standard InChI is InChI=1S/C20H18N2O5/c1-14-2-6-16(7-3-14)18-12-21-19(27-18)10-11-20(23)26-13-15-4-8-17(9-5-15)22(24)25/h2-9,12H,10-11,13H2,1H3. The molecule has 0 aliphatic heterocycles. The Hall–Kier alpha value is -3.48.